The summed E-state index contributed by atoms with van der Waals surface area (Å²) in [6, 6.07) is 7.92. The summed E-state index contributed by atoms with van der Waals surface area (Å²) in [5.41, 5.74) is 2.46. The Bertz CT molecular complexity index is 1010. The van der Waals surface area contributed by atoms with Gasteiger partial charge in [-0.25, -0.2) is 0 Å². The van der Waals surface area contributed by atoms with Crippen molar-refractivity contribution in [2.24, 2.45) is 0 Å². The number of rotatable bonds is 2. The normalized spacial score (nSPS) is 21.0. The minimum atomic E-state index is -0.269. The summed E-state index contributed by atoms with van der Waals surface area (Å²) in [6.45, 7) is 1.71. The number of hydrogen-bond donors (Lipinski definition) is 0. The number of fused-ring (bicyclic) bond motifs is 2. The average Bonchev–Trinajstić information content (AvgIpc) is 3.49. The number of para-hydroxylation sites is 1. The van der Waals surface area contributed by atoms with Crippen LogP contribution in [0.15, 0.2) is 36.7 Å². The molecule has 0 aliphatic carbocycles. The van der Waals surface area contributed by atoms with E-state index in [-0.39, 0.29) is 17.2 Å². The first-order valence-corrected chi connectivity index (χ1v) is 9.90. The summed E-state index contributed by atoms with van der Waals surface area (Å²) in [4.78, 5) is 29.2. The zero-order valence-corrected chi connectivity index (χ0v) is 15.7. The van der Waals surface area contributed by atoms with Gasteiger partial charge in [0.2, 0.25) is 0 Å². The molecule has 1 unspecified atom stereocenters. The van der Waals surface area contributed by atoms with Crippen molar-refractivity contribution >= 4 is 41.0 Å². The van der Waals surface area contributed by atoms with Crippen molar-refractivity contribution in [2.45, 2.75) is 11.8 Å². The minimum Gasteiger partial charge on any atom is -0.336 e. The molecule has 1 aromatic carbocycles. The lowest BCUT2D eigenvalue weighted by Gasteiger charge is -2.25. The van der Waals surface area contributed by atoms with Crippen molar-refractivity contribution in [3.05, 3.63) is 53.6 Å². The molecule has 2 aromatic heterocycles. The molecule has 4 heterocycles. The van der Waals surface area contributed by atoms with Gasteiger partial charge in [-0.3, -0.25) is 9.59 Å². The van der Waals surface area contributed by atoms with Crippen LogP contribution in [0.2, 0.25) is 0 Å². The zero-order valence-electron chi connectivity index (χ0n) is 14.1. The summed E-state index contributed by atoms with van der Waals surface area (Å²) in [5, 5.41) is 0. The molecule has 5 rings (SSSR count). The van der Waals surface area contributed by atoms with E-state index in [1.165, 1.54) is 12.4 Å². The van der Waals surface area contributed by atoms with Gasteiger partial charge in [0.25, 0.3) is 11.8 Å². The van der Waals surface area contributed by atoms with Crippen molar-refractivity contribution < 1.29 is 9.59 Å². The van der Waals surface area contributed by atoms with Gasteiger partial charge < -0.3 is 9.80 Å². The number of hydrogen-bond acceptors (Lipinski definition) is 8. The Kier molecular flexibility index (Phi) is 3.76. The molecule has 136 valence electrons. The van der Waals surface area contributed by atoms with Crippen LogP contribution in [0, 0.1) is 0 Å². The molecule has 2 amide bonds. The molecule has 2 aliphatic rings. The first kappa shape index (κ1) is 16.5. The molecular formula is C17H14N6O2S2. The zero-order chi connectivity index (χ0) is 18.4. The smallest absolute Gasteiger partial charge is 0.279 e. The topological polar surface area (TPSA) is 92.2 Å². The first-order valence-electron chi connectivity index (χ1n) is 8.44. The number of carbonyl (C=O) groups is 2. The first-order chi connectivity index (χ1) is 13.2. The van der Waals surface area contributed by atoms with Crippen molar-refractivity contribution in [3.63, 3.8) is 0 Å². The SMILES string of the molecule is O=C(c1cnsn1)N1CCC2(C1)CN(C(=O)c1cnsn1)c1ccccc12. The number of amides is 2. The molecule has 1 atom stereocenters. The maximum Gasteiger partial charge on any atom is 0.279 e. The third-order valence-corrected chi connectivity index (χ3v) is 6.23. The van der Waals surface area contributed by atoms with E-state index in [2.05, 4.69) is 23.6 Å². The highest BCUT2D eigenvalue weighted by molar-refractivity contribution is 6.99. The average molecular weight is 398 g/mol. The van der Waals surface area contributed by atoms with Crippen LogP contribution in [-0.2, 0) is 5.41 Å². The lowest BCUT2D eigenvalue weighted by Crippen LogP contribution is -2.40. The van der Waals surface area contributed by atoms with Gasteiger partial charge in [0.15, 0.2) is 11.4 Å². The molecule has 2 aliphatic heterocycles. The summed E-state index contributed by atoms with van der Waals surface area (Å²) in [6.07, 6.45) is 3.80. The van der Waals surface area contributed by atoms with E-state index in [1.807, 2.05) is 23.1 Å². The van der Waals surface area contributed by atoms with Gasteiger partial charge in [0.05, 0.1) is 35.9 Å². The van der Waals surface area contributed by atoms with Crippen LogP contribution < -0.4 is 4.90 Å². The largest absolute Gasteiger partial charge is 0.336 e. The fourth-order valence-electron chi connectivity index (χ4n) is 4.02. The highest BCUT2D eigenvalue weighted by Crippen LogP contribution is 2.46. The quantitative estimate of drug-likeness (QED) is 0.654. The molecule has 1 spiro atoms. The van der Waals surface area contributed by atoms with E-state index in [0.29, 0.717) is 31.0 Å². The van der Waals surface area contributed by atoms with Crippen molar-refractivity contribution in [2.75, 3.05) is 24.5 Å². The third kappa shape index (κ3) is 2.55. The minimum absolute atomic E-state index is 0.105. The Hall–Kier alpha value is -2.72. The van der Waals surface area contributed by atoms with E-state index in [4.69, 9.17) is 0 Å². The molecule has 8 nitrogen and oxygen atoms in total. The molecule has 0 bridgehead atoms. The molecule has 1 saturated heterocycles. The van der Waals surface area contributed by atoms with Crippen molar-refractivity contribution in [1.82, 2.24) is 22.4 Å². The number of likely N-dealkylation sites (tertiary alicyclic amines) is 1. The molecular weight excluding hydrogens is 384 g/mol. The summed E-state index contributed by atoms with van der Waals surface area (Å²) < 4.78 is 16.0. The highest BCUT2D eigenvalue weighted by atomic mass is 32.1. The third-order valence-electron chi connectivity index (χ3n) is 5.27. The maximum absolute atomic E-state index is 12.9. The van der Waals surface area contributed by atoms with Gasteiger partial charge in [0, 0.05) is 30.7 Å². The van der Waals surface area contributed by atoms with E-state index < -0.39 is 0 Å². The number of aromatic nitrogens is 4. The van der Waals surface area contributed by atoms with Gasteiger partial charge >= 0.3 is 0 Å². The van der Waals surface area contributed by atoms with E-state index in [0.717, 1.165) is 41.1 Å². The second-order valence-electron chi connectivity index (χ2n) is 6.75. The number of nitrogens with zero attached hydrogens (tertiary/aromatic N) is 6. The lowest BCUT2D eigenvalue weighted by atomic mass is 9.81. The fourth-order valence-corrected chi connectivity index (χ4v) is 4.84. The Morgan fingerprint density at radius 2 is 1.67 bits per heavy atom. The van der Waals surface area contributed by atoms with Crippen LogP contribution in [0.3, 0.4) is 0 Å². The van der Waals surface area contributed by atoms with Crippen LogP contribution in [0.25, 0.3) is 0 Å². The number of anilines is 1. The molecule has 1 fully saturated rings. The Morgan fingerprint density at radius 3 is 2.37 bits per heavy atom. The van der Waals surface area contributed by atoms with Crippen molar-refractivity contribution in [1.29, 1.82) is 0 Å². The predicted molar refractivity (Wildman–Crippen MR) is 100 cm³/mol. The Balaban J connectivity index is 1.47. The molecule has 3 aromatic rings. The van der Waals surface area contributed by atoms with E-state index in [9.17, 15) is 9.59 Å². The second kappa shape index (κ2) is 6.17. The standard InChI is InChI=1S/C17H14N6O2S2/c24-15(12-7-18-26-20-12)22-6-5-17(9-22)10-23(14-4-2-1-3-11(14)17)16(25)13-8-19-27-21-13/h1-4,7-8H,5-6,9-10H2. The lowest BCUT2D eigenvalue weighted by molar-refractivity contribution is 0.0780. The summed E-state index contributed by atoms with van der Waals surface area (Å²) in [5.74, 6) is -0.256. The Labute approximate surface area is 163 Å². The van der Waals surface area contributed by atoms with Gasteiger partial charge in [0.1, 0.15) is 0 Å². The van der Waals surface area contributed by atoms with E-state index >= 15 is 0 Å². The second-order valence-corrected chi connectivity index (χ2v) is 7.86. The van der Waals surface area contributed by atoms with Gasteiger partial charge in [-0.2, -0.15) is 17.5 Å². The van der Waals surface area contributed by atoms with Gasteiger partial charge in [-0.05, 0) is 18.1 Å². The number of benzene rings is 1. The molecule has 27 heavy (non-hydrogen) atoms. The Morgan fingerprint density at radius 1 is 0.963 bits per heavy atom. The van der Waals surface area contributed by atoms with Crippen molar-refractivity contribution in [3.8, 4) is 0 Å². The van der Waals surface area contributed by atoms with Gasteiger partial charge in [-0.1, -0.05) is 18.2 Å². The number of carbonyl (C=O) groups excluding carboxylic acids is 2. The fraction of sp³-hybridized carbons (Fsp3) is 0.294. The van der Waals surface area contributed by atoms with E-state index in [1.54, 1.807) is 4.90 Å². The molecule has 0 radical (unpaired) electrons. The van der Waals surface area contributed by atoms with Crippen LogP contribution in [0.5, 0.6) is 0 Å². The van der Waals surface area contributed by atoms with Crippen LogP contribution in [0.4, 0.5) is 5.69 Å². The highest BCUT2D eigenvalue weighted by Gasteiger charge is 2.50. The molecule has 0 saturated carbocycles. The summed E-state index contributed by atoms with van der Waals surface area (Å²) in [7, 11) is 0. The van der Waals surface area contributed by atoms with Crippen LogP contribution in [0.1, 0.15) is 33.0 Å². The van der Waals surface area contributed by atoms with Gasteiger partial charge in [-0.15, -0.1) is 0 Å². The predicted octanol–water partition coefficient (Wildman–Crippen LogP) is 1.83. The maximum atomic E-state index is 12.9. The molecule has 10 heteroatoms. The summed E-state index contributed by atoms with van der Waals surface area (Å²) >= 11 is 2.05. The molecule has 0 N–H and O–H groups in total. The van der Waals surface area contributed by atoms with Crippen LogP contribution >= 0.6 is 23.5 Å². The monoisotopic (exact) mass is 398 g/mol. The van der Waals surface area contributed by atoms with Crippen LogP contribution in [-0.4, -0.2) is 53.8 Å².